The molecule has 21 heavy (non-hydrogen) atoms. The molecule has 0 aliphatic carbocycles. The molecule has 1 saturated heterocycles. The van der Waals surface area contributed by atoms with E-state index in [1.165, 1.54) is 17.0 Å². The summed E-state index contributed by atoms with van der Waals surface area (Å²) in [4.78, 5) is 11.1. The highest BCUT2D eigenvalue weighted by molar-refractivity contribution is 5.81. The van der Waals surface area contributed by atoms with Crippen LogP contribution in [0, 0.1) is 6.08 Å². The van der Waals surface area contributed by atoms with Crippen molar-refractivity contribution in [2.45, 2.75) is 24.4 Å². The van der Waals surface area contributed by atoms with Gasteiger partial charge in [0, 0.05) is 6.42 Å². The van der Waals surface area contributed by atoms with Gasteiger partial charge in [-0.1, -0.05) is 6.08 Å². The Morgan fingerprint density at radius 3 is 3.00 bits per heavy atom. The first kappa shape index (κ1) is 13.9. The minimum absolute atomic E-state index is 0.0769. The Kier molecular flexibility index (Phi) is 3.12. The Labute approximate surface area is 118 Å². The van der Waals surface area contributed by atoms with Gasteiger partial charge in [-0.3, -0.25) is 4.57 Å². The van der Waals surface area contributed by atoms with E-state index >= 15 is 0 Å². The van der Waals surface area contributed by atoms with E-state index in [0.29, 0.717) is 0 Å². The van der Waals surface area contributed by atoms with Gasteiger partial charge in [-0.2, -0.15) is 14.4 Å². The van der Waals surface area contributed by atoms with Gasteiger partial charge >= 0.3 is 6.08 Å². The van der Waals surface area contributed by atoms with E-state index in [1.54, 1.807) is 0 Å². The first-order valence-corrected chi connectivity index (χ1v) is 6.26. The summed E-state index contributed by atoms with van der Waals surface area (Å²) in [5.41, 5.74) is 4.73. The van der Waals surface area contributed by atoms with Gasteiger partial charge in [-0.25, -0.2) is 4.98 Å². The maximum absolute atomic E-state index is 13.3. The molecular formula is C12H14FN5O3. The molecular weight excluding hydrogens is 281 g/mol. The highest BCUT2D eigenvalue weighted by atomic mass is 19.1. The Bertz CT molecular complexity index is 706. The minimum Gasteiger partial charge on any atom is -0.393 e. The summed E-state index contributed by atoms with van der Waals surface area (Å²) in [5, 5.41) is 19.5. The van der Waals surface area contributed by atoms with Crippen molar-refractivity contribution >= 4 is 17.0 Å². The molecule has 0 radical (unpaired) electrons. The third kappa shape index (κ3) is 1.97. The van der Waals surface area contributed by atoms with Gasteiger partial charge in [-0.05, 0) is 0 Å². The zero-order valence-electron chi connectivity index (χ0n) is 11.0. The maximum atomic E-state index is 13.3. The lowest BCUT2D eigenvalue weighted by atomic mass is 9.98. The Morgan fingerprint density at radius 2 is 2.38 bits per heavy atom. The molecule has 8 nitrogen and oxygen atoms in total. The number of aliphatic hydroxyl groups excluding tert-OH is 2. The topological polar surface area (TPSA) is 119 Å². The molecule has 1 aliphatic rings. The fourth-order valence-electron chi connectivity index (χ4n) is 2.45. The SMILES string of the molecule is C=CC1(CO)OC(n2cnc3c(N)nc(F)nc32)CC1O. The number of nitrogens with zero attached hydrogens (tertiary/aromatic N) is 4. The summed E-state index contributed by atoms with van der Waals surface area (Å²) >= 11 is 0. The number of halogens is 1. The van der Waals surface area contributed by atoms with E-state index in [1.807, 2.05) is 0 Å². The van der Waals surface area contributed by atoms with E-state index in [-0.39, 0.29) is 23.4 Å². The number of anilines is 1. The van der Waals surface area contributed by atoms with Gasteiger partial charge < -0.3 is 20.7 Å². The number of fused-ring (bicyclic) bond motifs is 1. The van der Waals surface area contributed by atoms with Gasteiger partial charge in [0.05, 0.1) is 19.0 Å². The molecule has 4 N–H and O–H groups in total. The van der Waals surface area contributed by atoms with Crippen LogP contribution < -0.4 is 5.73 Å². The van der Waals surface area contributed by atoms with Crippen LogP contribution in [0.1, 0.15) is 12.6 Å². The first-order valence-electron chi connectivity index (χ1n) is 6.26. The molecule has 3 rings (SSSR count). The lowest BCUT2D eigenvalue weighted by Crippen LogP contribution is -2.40. The highest BCUT2D eigenvalue weighted by Gasteiger charge is 2.46. The summed E-state index contributed by atoms with van der Waals surface area (Å²) in [6, 6.07) is 0. The van der Waals surface area contributed by atoms with Crippen LogP contribution in [0.25, 0.3) is 11.2 Å². The molecule has 0 spiro atoms. The van der Waals surface area contributed by atoms with E-state index < -0.39 is 30.6 Å². The second-order valence-corrected chi connectivity index (χ2v) is 4.84. The highest BCUT2D eigenvalue weighted by Crippen LogP contribution is 2.38. The number of nitrogen functional groups attached to an aromatic ring is 1. The maximum Gasteiger partial charge on any atom is 0.312 e. The van der Waals surface area contributed by atoms with Crippen molar-refractivity contribution in [1.82, 2.24) is 19.5 Å². The normalized spacial score (nSPS) is 29.1. The fraction of sp³-hybridized carbons (Fsp3) is 0.417. The molecule has 0 amide bonds. The van der Waals surface area contributed by atoms with E-state index in [9.17, 15) is 14.6 Å². The van der Waals surface area contributed by atoms with Gasteiger partial charge in [0.25, 0.3) is 0 Å². The van der Waals surface area contributed by atoms with Crippen LogP contribution in [0.15, 0.2) is 19.0 Å². The molecule has 2 aromatic rings. The van der Waals surface area contributed by atoms with Crippen LogP contribution in [-0.2, 0) is 4.74 Å². The Morgan fingerprint density at radius 1 is 1.62 bits per heavy atom. The Hall–Kier alpha value is -2.10. The van der Waals surface area contributed by atoms with E-state index in [2.05, 4.69) is 21.5 Å². The molecule has 3 unspecified atom stereocenters. The standard InChI is InChI=1S/C12H14FN5O3/c1-2-12(4-19)6(20)3-7(21-12)18-5-15-8-9(14)16-11(13)17-10(8)18/h2,5-7,19-20H,1,3-4H2,(H2,14,16,17). The average Bonchev–Trinajstić information content (AvgIpc) is 3.00. The summed E-state index contributed by atoms with van der Waals surface area (Å²) < 4.78 is 20.4. The van der Waals surface area contributed by atoms with Crippen LogP contribution in [0.3, 0.4) is 0 Å². The van der Waals surface area contributed by atoms with Gasteiger partial charge in [0.15, 0.2) is 17.0 Å². The first-order chi connectivity index (χ1) is 10.0. The number of aliphatic hydroxyl groups is 2. The average molecular weight is 295 g/mol. The number of hydrogen-bond donors (Lipinski definition) is 3. The lowest BCUT2D eigenvalue weighted by Gasteiger charge is -2.26. The third-order valence-corrected chi connectivity index (χ3v) is 3.67. The van der Waals surface area contributed by atoms with Gasteiger partial charge in [-0.15, -0.1) is 6.58 Å². The summed E-state index contributed by atoms with van der Waals surface area (Å²) in [6.45, 7) is 3.14. The van der Waals surface area contributed by atoms with Crippen molar-refractivity contribution in [1.29, 1.82) is 0 Å². The van der Waals surface area contributed by atoms with Crippen molar-refractivity contribution < 1.29 is 19.3 Å². The van der Waals surface area contributed by atoms with Crippen molar-refractivity contribution in [3.8, 4) is 0 Å². The Balaban J connectivity index is 2.05. The monoisotopic (exact) mass is 295 g/mol. The predicted octanol–water partition coefficient (Wildman–Crippen LogP) is -0.255. The molecule has 0 saturated carbocycles. The van der Waals surface area contributed by atoms with Crippen LogP contribution in [-0.4, -0.2) is 48.0 Å². The number of ether oxygens (including phenoxy) is 1. The summed E-state index contributed by atoms with van der Waals surface area (Å²) in [5.74, 6) is -0.0769. The number of nitrogens with two attached hydrogens (primary N) is 1. The second kappa shape index (κ2) is 4.72. The number of imidazole rings is 1. The van der Waals surface area contributed by atoms with Crippen molar-refractivity contribution in [3.63, 3.8) is 0 Å². The molecule has 112 valence electrons. The molecule has 3 atom stereocenters. The van der Waals surface area contributed by atoms with E-state index in [4.69, 9.17) is 10.5 Å². The smallest absolute Gasteiger partial charge is 0.312 e. The van der Waals surface area contributed by atoms with Crippen LogP contribution in [0.2, 0.25) is 0 Å². The molecule has 9 heteroatoms. The largest absolute Gasteiger partial charge is 0.393 e. The van der Waals surface area contributed by atoms with Crippen molar-refractivity contribution in [2.24, 2.45) is 0 Å². The van der Waals surface area contributed by atoms with Crippen LogP contribution in [0.5, 0.6) is 0 Å². The summed E-state index contributed by atoms with van der Waals surface area (Å²) in [7, 11) is 0. The predicted molar refractivity (Wildman–Crippen MR) is 70.5 cm³/mol. The molecule has 0 bridgehead atoms. The fourth-order valence-corrected chi connectivity index (χ4v) is 2.45. The van der Waals surface area contributed by atoms with Crippen LogP contribution in [0.4, 0.5) is 10.2 Å². The zero-order valence-corrected chi connectivity index (χ0v) is 11.0. The van der Waals surface area contributed by atoms with Crippen molar-refractivity contribution in [2.75, 3.05) is 12.3 Å². The molecule has 1 fully saturated rings. The quantitative estimate of drug-likeness (QED) is 0.527. The molecule has 2 aromatic heterocycles. The van der Waals surface area contributed by atoms with Crippen molar-refractivity contribution in [3.05, 3.63) is 25.1 Å². The van der Waals surface area contributed by atoms with Gasteiger partial charge in [0.1, 0.15) is 11.8 Å². The third-order valence-electron chi connectivity index (χ3n) is 3.67. The lowest BCUT2D eigenvalue weighted by molar-refractivity contribution is -0.0953. The van der Waals surface area contributed by atoms with Gasteiger partial charge in [0.2, 0.25) is 0 Å². The number of hydrogen-bond acceptors (Lipinski definition) is 7. The molecule has 3 heterocycles. The summed E-state index contributed by atoms with van der Waals surface area (Å²) in [6.07, 6.45) is 0.292. The number of aromatic nitrogens is 4. The van der Waals surface area contributed by atoms with Crippen LogP contribution >= 0.6 is 0 Å². The molecule has 1 aliphatic heterocycles. The zero-order chi connectivity index (χ0) is 15.2. The minimum atomic E-state index is -1.27. The van der Waals surface area contributed by atoms with E-state index in [0.717, 1.165) is 0 Å². The number of rotatable bonds is 3. The second-order valence-electron chi connectivity index (χ2n) is 4.84. The molecule has 0 aromatic carbocycles.